The summed E-state index contributed by atoms with van der Waals surface area (Å²) in [7, 11) is 1.50. The Morgan fingerprint density at radius 3 is 2.55 bits per heavy atom. The Labute approximate surface area is 132 Å². The summed E-state index contributed by atoms with van der Waals surface area (Å²) in [4.78, 5) is 35.0. The van der Waals surface area contributed by atoms with Gasteiger partial charge in [-0.25, -0.2) is 4.79 Å². The minimum Gasteiger partial charge on any atom is -0.496 e. The number of amides is 2. The van der Waals surface area contributed by atoms with Crippen molar-refractivity contribution < 1.29 is 24.2 Å². The van der Waals surface area contributed by atoms with Crippen LogP contribution in [0.5, 0.6) is 5.75 Å². The molecule has 1 aromatic rings. The van der Waals surface area contributed by atoms with Gasteiger partial charge in [0.1, 0.15) is 11.8 Å². The number of carbonyl (C=O) groups is 3. The van der Waals surface area contributed by atoms with Gasteiger partial charge in [0.2, 0.25) is 5.91 Å². The van der Waals surface area contributed by atoms with Gasteiger partial charge in [-0.05, 0) is 12.3 Å². The molecule has 0 aliphatic carbocycles. The van der Waals surface area contributed by atoms with Crippen LogP contribution in [0.1, 0.15) is 29.9 Å². The summed E-state index contributed by atoms with van der Waals surface area (Å²) in [6.07, 6.45) is 0.330. The highest BCUT2D eigenvalue weighted by Gasteiger charge is 2.21. The number of nitrogens with one attached hydrogen (secondary N) is 2. The highest BCUT2D eigenvalue weighted by molar-refractivity contribution is 7.12. The lowest BCUT2D eigenvalue weighted by atomic mass is 10.0. The molecule has 0 unspecified atom stereocenters. The van der Waals surface area contributed by atoms with Crippen molar-refractivity contribution in [3.63, 3.8) is 0 Å². The Kier molecular flexibility index (Phi) is 6.84. The minimum atomic E-state index is -1.09. The van der Waals surface area contributed by atoms with Crippen LogP contribution in [0.4, 0.5) is 0 Å². The van der Waals surface area contributed by atoms with E-state index in [1.807, 2.05) is 13.8 Å². The van der Waals surface area contributed by atoms with Gasteiger partial charge >= 0.3 is 5.97 Å². The predicted molar refractivity (Wildman–Crippen MR) is 82.2 cm³/mol. The summed E-state index contributed by atoms with van der Waals surface area (Å²) in [5, 5.41) is 15.6. The third kappa shape index (κ3) is 5.72. The molecule has 7 nitrogen and oxygen atoms in total. The summed E-state index contributed by atoms with van der Waals surface area (Å²) >= 11 is 1.20. The first-order chi connectivity index (χ1) is 10.3. The number of thiophene rings is 1. The largest absolute Gasteiger partial charge is 0.496 e. The molecular weight excluding hydrogens is 308 g/mol. The van der Waals surface area contributed by atoms with Gasteiger partial charge < -0.3 is 20.5 Å². The summed E-state index contributed by atoms with van der Waals surface area (Å²) in [5.41, 5.74) is 0. The van der Waals surface area contributed by atoms with Crippen LogP contribution in [-0.2, 0) is 9.59 Å². The quantitative estimate of drug-likeness (QED) is 0.663. The van der Waals surface area contributed by atoms with Gasteiger partial charge in [0.15, 0.2) is 0 Å². The SMILES string of the molecule is COc1csc(C(=O)NCC(=O)N[C@@H](CC(C)C)C(=O)O)c1. The summed E-state index contributed by atoms with van der Waals surface area (Å²) in [6, 6.07) is 0.614. The Morgan fingerprint density at radius 1 is 1.36 bits per heavy atom. The molecule has 1 atom stereocenters. The lowest BCUT2D eigenvalue weighted by Crippen LogP contribution is -2.46. The fraction of sp³-hybridized carbons (Fsp3) is 0.500. The van der Waals surface area contributed by atoms with Gasteiger partial charge in [0.05, 0.1) is 18.5 Å². The summed E-state index contributed by atoms with van der Waals surface area (Å²) in [6.45, 7) is 3.46. The number of ether oxygens (including phenoxy) is 1. The van der Waals surface area contributed by atoms with E-state index in [2.05, 4.69) is 10.6 Å². The van der Waals surface area contributed by atoms with Crippen molar-refractivity contribution >= 4 is 29.1 Å². The maximum absolute atomic E-state index is 11.8. The molecule has 1 rings (SSSR count). The van der Waals surface area contributed by atoms with Crippen LogP contribution < -0.4 is 15.4 Å². The Hall–Kier alpha value is -2.09. The van der Waals surface area contributed by atoms with E-state index in [0.29, 0.717) is 17.0 Å². The average Bonchev–Trinajstić information content (AvgIpc) is 2.92. The van der Waals surface area contributed by atoms with Crippen molar-refractivity contribution in [3.8, 4) is 5.75 Å². The van der Waals surface area contributed by atoms with Crippen LogP contribution in [0.15, 0.2) is 11.4 Å². The normalized spacial score (nSPS) is 11.8. The molecule has 0 aliphatic heterocycles. The third-order valence-electron chi connectivity index (χ3n) is 2.78. The van der Waals surface area contributed by atoms with E-state index in [0.717, 1.165) is 0 Å². The standard InChI is InChI=1S/C14H20N2O5S/c1-8(2)4-10(14(19)20)16-12(17)6-15-13(18)11-5-9(21-3)7-22-11/h5,7-8,10H,4,6H2,1-3H3,(H,15,18)(H,16,17)(H,19,20)/t10-/m0/s1. The molecule has 0 saturated heterocycles. The van der Waals surface area contributed by atoms with Gasteiger partial charge in [-0.1, -0.05) is 13.8 Å². The molecular formula is C14H20N2O5S. The maximum Gasteiger partial charge on any atom is 0.326 e. The fourth-order valence-corrected chi connectivity index (χ4v) is 2.50. The van der Waals surface area contributed by atoms with Gasteiger partial charge in [-0.15, -0.1) is 11.3 Å². The van der Waals surface area contributed by atoms with Crippen LogP contribution in [0.2, 0.25) is 0 Å². The number of carboxylic acid groups (broad SMARTS) is 1. The molecule has 8 heteroatoms. The van der Waals surface area contributed by atoms with E-state index in [1.165, 1.54) is 18.4 Å². The van der Waals surface area contributed by atoms with E-state index in [1.54, 1.807) is 11.4 Å². The number of carboxylic acids is 1. The highest BCUT2D eigenvalue weighted by atomic mass is 32.1. The molecule has 0 aliphatic rings. The van der Waals surface area contributed by atoms with Crippen molar-refractivity contribution in [2.45, 2.75) is 26.3 Å². The van der Waals surface area contributed by atoms with Crippen molar-refractivity contribution in [2.24, 2.45) is 5.92 Å². The predicted octanol–water partition coefficient (Wildman–Crippen LogP) is 1.10. The van der Waals surface area contributed by atoms with Gasteiger partial charge in [0, 0.05) is 11.4 Å². The fourth-order valence-electron chi connectivity index (χ4n) is 1.73. The molecule has 0 bridgehead atoms. The number of carbonyl (C=O) groups excluding carboxylic acids is 2. The molecule has 0 radical (unpaired) electrons. The first-order valence-corrected chi connectivity index (χ1v) is 7.64. The van der Waals surface area contributed by atoms with E-state index >= 15 is 0 Å². The van der Waals surface area contributed by atoms with Crippen LogP contribution in [0, 0.1) is 5.92 Å². The second kappa shape index (κ2) is 8.38. The van der Waals surface area contributed by atoms with Crippen LogP contribution in [-0.4, -0.2) is 42.6 Å². The average molecular weight is 328 g/mol. The smallest absolute Gasteiger partial charge is 0.326 e. The maximum atomic E-state index is 11.8. The first-order valence-electron chi connectivity index (χ1n) is 6.76. The lowest BCUT2D eigenvalue weighted by Gasteiger charge is -2.16. The number of aliphatic carboxylic acids is 1. The molecule has 2 amide bonds. The molecule has 1 heterocycles. The number of methoxy groups -OCH3 is 1. The molecule has 0 fully saturated rings. The summed E-state index contributed by atoms with van der Waals surface area (Å²) in [5.74, 6) is -1.32. The summed E-state index contributed by atoms with van der Waals surface area (Å²) < 4.78 is 4.97. The van der Waals surface area contributed by atoms with Crippen LogP contribution >= 0.6 is 11.3 Å². The van der Waals surface area contributed by atoms with Crippen molar-refractivity contribution in [2.75, 3.05) is 13.7 Å². The molecule has 0 spiro atoms. The Bertz CT molecular complexity index is 541. The van der Waals surface area contributed by atoms with Crippen molar-refractivity contribution in [1.29, 1.82) is 0 Å². The number of hydrogen-bond acceptors (Lipinski definition) is 5. The van der Waals surface area contributed by atoms with E-state index in [4.69, 9.17) is 9.84 Å². The van der Waals surface area contributed by atoms with E-state index in [9.17, 15) is 14.4 Å². The van der Waals surface area contributed by atoms with E-state index in [-0.39, 0.29) is 12.5 Å². The van der Waals surface area contributed by atoms with Crippen LogP contribution in [0.25, 0.3) is 0 Å². The van der Waals surface area contributed by atoms with Gasteiger partial charge in [0.25, 0.3) is 5.91 Å². The zero-order valence-electron chi connectivity index (χ0n) is 12.7. The highest BCUT2D eigenvalue weighted by Crippen LogP contribution is 2.20. The van der Waals surface area contributed by atoms with Gasteiger partial charge in [-0.2, -0.15) is 0 Å². The molecule has 0 aromatic carbocycles. The minimum absolute atomic E-state index is 0.134. The molecule has 3 N–H and O–H groups in total. The van der Waals surface area contributed by atoms with E-state index < -0.39 is 23.8 Å². The monoisotopic (exact) mass is 328 g/mol. The molecule has 0 saturated carbocycles. The third-order valence-corrected chi connectivity index (χ3v) is 3.69. The first kappa shape index (κ1) is 18.0. The van der Waals surface area contributed by atoms with Crippen molar-refractivity contribution in [1.82, 2.24) is 10.6 Å². The second-order valence-corrected chi connectivity index (χ2v) is 6.03. The zero-order chi connectivity index (χ0) is 16.7. The molecule has 122 valence electrons. The number of rotatable bonds is 8. The Morgan fingerprint density at radius 2 is 2.05 bits per heavy atom. The topological polar surface area (TPSA) is 105 Å². The van der Waals surface area contributed by atoms with Gasteiger partial charge in [-0.3, -0.25) is 9.59 Å². The second-order valence-electron chi connectivity index (χ2n) is 5.12. The number of hydrogen-bond donors (Lipinski definition) is 3. The molecule has 22 heavy (non-hydrogen) atoms. The molecule has 1 aromatic heterocycles. The zero-order valence-corrected chi connectivity index (χ0v) is 13.5. The van der Waals surface area contributed by atoms with Crippen molar-refractivity contribution in [3.05, 3.63) is 16.3 Å². The van der Waals surface area contributed by atoms with Crippen LogP contribution in [0.3, 0.4) is 0 Å². The Balaban J connectivity index is 2.47. The lowest BCUT2D eigenvalue weighted by molar-refractivity contribution is -0.142.